The summed E-state index contributed by atoms with van der Waals surface area (Å²) >= 11 is 0. The van der Waals surface area contributed by atoms with E-state index >= 15 is 0 Å². The fourth-order valence-corrected chi connectivity index (χ4v) is 2.61. The molecule has 0 radical (unpaired) electrons. The summed E-state index contributed by atoms with van der Waals surface area (Å²) in [5.41, 5.74) is 0. The van der Waals surface area contributed by atoms with Crippen molar-refractivity contribution in [1.82, 2.24) is 0 Å². The molecule has 0 nitrogen and oxygen atoms in total. The Balaban J connectivity index is 2.32. The van der Waals surface area contributed by atoms with E-state index in [1.165, 1.54) is 12.8 Å². The first-order valence-corrected chi connectivity index (χ1v) is 5.70. The Bertz CT molecular complexity index is 167. The van der Waals surface area contributed by atoms with Crippen molar-refractivity contribution in [3.63, 3.8) is 0 Å². The van der Waals surface area contributed by atoms with Crippen molar-refractivity contribution in [2.75, 3.05) is 0 Å². The third-order valence-corrected chi connectivity index (χ3v) is 3.41. The zero-order valence-electron chi connectivity index (χ0n) is 9.59. The van der Waals surface area contributed by atoms with Crippen LogP contribution < -0.4 is 0 Å². The molecule has 3 unspecified atom stereocenters. The summed E-state index contributed by atoms with van der Waals surface area (Å²) < 4.78 is 0. The Morgan fingerprint density at radius 3 is 2.15 bits per heavy atom. The number of allylic oxidation sites excluding steroid dienone is 1. The molecule has 0 bridgehead atoms. The number of rotatable bonds is 5. The van der Waals surface area contributed by atoms with Gasteiger partial charge in [-0.25, -0.2) is 0 Å². The van der Waals surface area contributed by atoms with Gasteiger partial charge in [0.2, 0.25) is 0 Å². The number of hydrogen-bond donors (Lipinski definition) is 0. The summed E-state index contributed by atoms with van der Waals surface area (Å²) in [6, 6.07) is 0. The Hall–Kier alpha value is -0.260. The molecule has 13 heavy (non-hydrogen) atoms. The molecule has 1 aliphatic carbocycles. The van der Waals surface area contributed by atoms with E-state index in [9.17, 15) is 0 Å². The maximum atomic E-state index is 3.93. The molecule has 0 heterocycles. The van der Waals surface area contributed by atoms with E-state index in [1.54, 1.807) is 0 Å². The second-order valence-corrected chi connectivity index (χ2v) is 5.27. The minimum Gasteiger partial charge on any atom is -0.103 e. The van der Waals surface area contributed by atoms with Crippen LogP contribution in [0.25, 0.3) is 0 Å². The predicted molar refractivity (Wildman–Crippen MR) is 59.6 cm³/mol. The SMILES string of the molecule is C=CC1C(CCC(C)C)C1C(C)C. The lowest BCUT2D eigenvalue weighted by Gasteiger charge is -2.04. The van der Waals surface area contributed by atoms with Gasteiger partial charge in [0.25, 0.3) is 0 Å². The molecule has 76 valence electrons. The molecule has 1 rings (SSSR count). The molecule has 1 fully saturated rings. The van der Waals surface area contributed by atoms with Crippen molar-refractivity contribution in [2.24, 2.45) is 29.6 Å². The fraction of sp³-hybridized carbons (Fsp3) is 0.846. The van der Waals surface area contributed by atoms with Gasteiger partial charge < -0.3 is 0 Å². The van der Waals surface area contributed by atoms with Gasteiger partial charge in [-0.2, -0.15) is 0 Å². The van der Waals surface area contributed by atoms with Crippen LogP contribution in [-0.4, -0.2) is 0 Å². The molecule has 0 spiro atoms. The predicted octanol–water partition coefficient (Wildman–Crippen LogP) is 4.13. The largest absolute Gasteiger partial charge is 0.103 e. The van der Waals surface area contributed by atoms with Crippen molar-refractivity contribution in [1.29, 1.82) is 0 Å². The normalized spacial score (nSPS) is 32.6. The maximum absolute atomic E-state index is 3.93. The van der Waals surface area contributed by atoms with Gasteiger partial charge in [-0.05, 0) is 36.0 Å². The van der Waals surface area contributed by atoms with Crippen molar-refractivity contribution in [2.45, 2.75) is 40.5 Å². The minimum absolute atomic E-state index is 0.832. The molecule has 0 aromatic heterocycles. The van der Waals surface area contributed by atoms with Crippen LogP contribution in [0.2, 0.25) is 0 Å². The number of hydrogen-bond acceptors (Lipinski definition) is 0. The Morgan fingerprint density at radius 2 is 1.85 bits per heavy atom. The van der Waals surface area contributed by atoms with E-state index in [1.807, 2.05) is 0 Å². The highest BCUT2D eigenvalue weighted by Crippen LogP contribution is 2.54. The molecule has 0 heteroatoms. The molecule has 1 saturated carbocycles. The van der Waals surface area contributed by atoms with E-state index in [4.69, 9.17) is 0 Å². The topological polar surface area (TPSA) is 0 Å². The maximum Gasteiger partial charge on any atom is -0.0171 e. The van der Waals surface area contributed by atoms with Crippen LogP contribution in [0.4, 0.5) is 0 Å². The van der Waals surface area contributed by atoms with E-state index < -0.39 is 0 Å². The summed E-state index contributed by atoms with van der Waals surface area (Å²) in [6.07, 6.45) is 4.98. The van der Waals surface area contributed by atoms with E-state index in [2.05, 4.69) is 40.3 Å². The van der Waals surface area contributed by atoms with Gasteiger partial charge >= 0.3 is 0 Å². The van der Waals surface area contributed by atoms with Crippen LogP contribution in [0.1, 0.15) is 40.5 Å². The highest BCUT2D eigenvalue weighted by Gasteiger charge is 2.48. The van der Waals surface area contributed by atoms with Gasteiger partial charge in [0.15, 0.2) is 0 Å². The van der Waals surface area contributed by atoms with Crippen molar-refractivity contribution < 1.29 is 0 Å². The molecular formula is C13H24. The molecule has 0 amide bonds. The molecule has 0 aromatic carbocycles. The zero-order valence-corrected chi connectivity index (χ0v) is 9.59. The molecule has 0 N–H and O–H groups in total. The molecule has 0 aliphatic heterocycles. The van der Waals surface area contributed by atoms with Crippen LogP contribution >= 0.6 is 0 Å². The monoisotopic (exact) mass is 180 g/mol. The highest BCUT2D eigenvalue weighted by molar-refractivity contribution is 5.06. The second kappa shape index (κ2) is 4.30. The first-order valence-electron chi connectivity index (χ1n) is 5.70. The van der Waals surface area contributed by atoms with Crippen molar-refractivity contribution >= 4 is 0 Å². The van der Waals surface area contributed by atoms with Crippen LogP contribution in [0.5, 0.6) is 0 Å². The zero-order chi connectivity index (χ0) is 10.0. The van der Waals surface area contributed by atoms with Gasteiger partial charge in [-0.3, -0.25) is 0 Å². The third kappa shape index (κ3) is 2.59. The average Bonchev–Trinajstić information content (AvgIpc) is 2.73. The van der Waals surface area contributed by atoms with Crippen molar-refractivity contribution in [3.8, 4) is 0 Å². The average molecular weight is 180 g/mol. The molecule has 0 saturated heterocycles. The van der Waals surface area contributed by atoms with E-state index in [-0.39, 0.29) is 0 Å². The van der Waals surface area contributed by atoms with Gasteiger partial charge in [-0.15, -0.1) is 6.58 Å². The van der Waals surface area contributed by atoms with Crippen LogP contribution in [0.3, 0.4) is 0 Å². The van der Waals surface area contributed by atoms with Crippen LogP contribution in [-0.2, 0) is 0 Å². The molecule has 0 aromatic rings. The van der Waals surface area contributed by atoms with Gasteiger partial charge in [-0.1, -0.05) is 40.2 Å². The summed E-state index contributed by atoms with van der Waals surface area (Å²) in [6.45, 7) is 13.3. The summed E-state index contributed by atoms with van der Waals surface area (Å²) in [4.78, 5) is 0. The Labute approximate surface area is 83.4 Å². The van der Waals surface area contributed by atoms with Gasteiger partial charge in [0.1, 0.15) is 0 Å². The lowest BCUT2D eigenvalue weighted by Crippen LogP contribution is -1.94. The second-order valence-electron chi connectivity index (χ2n) is 5.27. The quantitative estimate of drug-likeness (QED) is 0.558. The molecule has 3 atom stereocenters. The van der Waals surface area contributed by atoms with Crippen LogP contribution in [0.15, 0.2) is 12.7 Å². The van der Waals surface area contributed by atoms with E-state index in [0.29, 0.717) is 0 Å². The van der Waals surface area contributed by atoms with Gasteiger partial charge in [0, 0.05) is 0 Å². The lowest BCUT2D eigenvalue weighted by atomic mass is 10.0. The highest BCUT2D eigenvalue weighted by atomic mass is 14.5. The van der Waals surface area contributed by atoms with Gasteiger partial charge in [0.05, 0.1) is 0 Å². The first kappa shape index (κ1) is 10.8. The lowest BCUT2D eigenvalue weighted by molar-refractivity contribution is 0.462. The summed E-state index contributed by atoms with van der Waals surface area (Å²) in [5.74, 6) is 4.44. The summed E-state index contributed by atoms with van der Waals surface area (Å²) in [5, 5.41) is 0. The standard InChI is InChI=1S/C13H24/c1-6-11-12(8-7-9(2)3)13(11)10(4)5/h6,9-13H,1,7-8H2,2-5H3. The molecular weight excluding hydrogens is 156 g/mol. The van der Waals surface area contributed by atoms with E-state index in [0.717, 1.165) is 29.6 Å². The van der Waals surface area contributed by atoms with Crippen LogP contribution in [0, 0.1) is 29.6 Å². The fourth-order valence-electron chi connectivity index (χ4n) is 2.61. The Kier molecular flexibility index (Phi) is 3.58. The third-order valence-electron chi connectivity index (χ3n) is 3.41. The molecule has 1 aliphatic rings. The summed E-state index contributed by atoms with van der Waals surface area (Å²) in [7, 11) is 0. The van der Waals surface area contributed by atoms with Crippen molar-refractivity contribution in [3.05, 3.63) is 12.7 Å². The minimum atomic E-state index is 0.832. The smallest absolute Gasteiger partial charge is 0.0171 e. The Morgan fingerprint density at radius 1 is 1.23 bits per heavy atom. The first-order chi connectivity index (χ1) is 6.07.